The number of nitrogens with two attached hydrogens (primary N) is 1. The number of imide groups is 1. The Labute approximate surface area is 122 Å². The number of amides is 3. The normalized spacial score (nSPS) is 12.2. The van der Waals surface area contributed by atoms with Crippen molar-refractivity contribution in [1.29, 1.82) is 0 Å². The number of hydrogen-bond donors (Lipinski definition) is 2. The SMILES string of the molecule is CC(C)C(SCc1ccc(Cl)cc1)C(=O)NC(N)=O. The molecule has 0 fully saturated rings. The van der Waals surface area contributed by atoms with Crippen molar-refractivity contribution in [3.63, 3.8) is 0 Å². The van der Waals surface area contributed by atoms with Crippen molar-refractivity contribution in [3.8, 4) is 0 Å². The van der Waals surface area contributed by atoms with Gasteiger partial charge in [0.1, 0.15) is 0 Å². The zero-order chi connectivity index (χ0) is 14.4. The number of urea groups is 1. The van der Waals surface area contributed by atoms with Gasteiger partial charge in [0.25, 0.3) is 0 Å². The molecule has 3 N–H and O–H groups in total. The Morgan fingerprint density at radius 2 is 1.89 bits per heavy atom. The largest absolute Gasteiger partial charge is 0.351 e. The average Bonchev–Trinajstić information content (AvgIpc) is 2.30. The molecular weight excluding hydrogens is 284 g/mol. The van der Waals surface area contributed by atoms with E-state index < -0.39 is 6.03 Å². The molecule has 1 atom stereocenters. The topological polar surface area (TPSA) is 72.2 Å². The van der Waals surface area contributed by atoms with E-state index in [-0.39, 0.29) is 17.1 Å². The van der Waals surface area contributed by atoms with Crippen LogP contribution in [0.2, 0.25) is 5.02 Å². The predicted molar refractivity (Wildman–Crippen MR) is 79.1 cm³/mol. The lowest BCUT2D eigenvalue weighted by molar-refractivity contribution is -0.120. The molecular formula is C13H17ClN2O2S. The van der Waals surface area contributed by atoms with Gasteiger partial charge in [-0.05, 0) is 23.6 Å². The number of carbonyl (C=O) groups excluding carboxylic acids is 2. The van der Waals surface area contributed by atoms with Crippen LogP contribution in [-0.4, -0.2) is 17.2 Å². The number of thioether (sulfide) groups is 1. The summed E-state index contributed by atoms with van der Waals surface area (Å²) in [6, 6.07) is 6.64. The third-order valence-corrected chi connectivity index (χ3v) is 4.32. The molecule has 0 aliphatic heterocycles. The average molecular weight is 301 g/mol. The van der Waals surface area contributed by atoms with Crippen LogP contribution in [0, 0.1) is 5.92 Å². The number of carbonyl (C=O) groups is 2. The number of benzene rings is 1. The molecule has 1 rings (SSSR count). The maximum absolute atomic E-state index is 11.8. The Balaban J connectivity index is 2.61. The van der Waals surface area contributed by atoms with E-state index in [0.717, 1.165) is 5.56 Å². The van der Waals surface area contributed by atoms with Crippen LogP contribution in [0.5, 0.6) is 0 Å². The van der Waals surface area contributed by atoms with E-state index >= 15 is 0 Å². The summed E-state index contributed by atoms with van der Waals surface area (Å²) in [5.74, 6) is 0.435. The van der Waals surface area contributed by atoms with Gasteiger partial charge in [-0.1, -0.05) is 37.6 Å². The van der Waals surface area contributed by atoms with Gasteiger partial charge >= 0.3 is 6.03 Å². The fraction of sp³-hybridized carbons (Fsp3) is 0.385. The lowest BCUT2D eigenvalue weighted by Crippen LogP contribution is -2.42. The highest BCUT2D eigenvalue weighted by Gasteiger charge is 2.23. The van der Waals surface area contributed by atoms with Crippen molar-refractivity contribution in [1.82, 2.24) is 5.32 Å². The molecule has 0 radical (unpaired) electrons. The molecule has 6 heteroatoms. The van der Waals surface area contributed by atoms with Crippen LogP contribution in [-0.2, 0) is 10.5 Å². The first-order valence-corrected chi connectivity index (χ1v) is 7.29. The summed E-state index contributed by atoms with van der Waals surface area (Å²) in [7, 11) is 0. The van der Waals surface area contributed by atoms with Gasteiger partial charge in [-0.25, -0.2) is 4.79 Å². The minimum atomic E-state index is -0.817. The molecule has 0 bridgehead atoms. The molecule has 0 saturated heterocycles. The Hall–Kier alpha value is -1.20. The van der Waals surface area contributed by atoms with Crippen LogP contribution >= 0.6 is 23.4 Å². The molecule has 0 spiro atoms. The van der Waals surface area contributed by atoms with Crippen LogP contribution in [0.3, 0.4) is 0 Å². The number of halogens is 1. The van der Waals surface area contributed by atoms with E-state index in [2.05, 4.69) is 5.32 Å². The van der Waals surface area contributed by atoms with Gasteiger partial charge in [0, 0.05) is 10.8 Å². The first kappa shape index (κ1) is 15.9. The van der Waals surface area contributed by atoms with Crippen LogP contribution in [0.4, 0.5) is 4.79 Å². The number of rotatable bonds is 5. The van der Waals surface area contributed by atoms with Gasteiger partial charge in [-0.3, -0.25) is 10.1 Å². The Morgan fingerprint density at radius 3 is 2.37 bits per heavy atom. The molecule has 1 aromatic rings. The first-order valence-electron chi connectivity index (χ1n) is 5.86. The first-order chi connectivity index (χ1) is 8.90. The molecule has 0 heterocycles. The highest BCUT2D eigenvalue weighted by Crippen LogP contribution is 2.24. The molecule has 0 aliphatic carbocycles. The fourth-order valence-electron chi connectivity index (χ4n) is 1.53. The molecule has 0 aromatic heterocycles. The smallest absolute Gasteiger partial charge is 0.318 e. The highest BCUT2D eigenvalue weighted by molar-refractivity contribution is 7.99. The number of nitrogens with one attached hydrogen (secondary N) is 1. The van der Waals surface area contributed by atoms with Gasteiger partial charge in [0.2, 0.25) is 5.91 Å². The monoisotopic (exact) mass is 300 g/mol. The molecule has 1 aromatic carbocycles. The van der Waals surface area contributed by atoms with Crippen molar-refractivity contribution >= 4 is 35.3 Å². The predicted octanol–water partition coefficient (Wildman–Crippen LogP) is 2.79. The van der Waals surface area contributed by atoms with E-state index in [1.807, 2.05) is 38.1 Å². The van der Waals surface area contributed by atoms with E-state index in [0.29, 0.717) is 10.8 Å². The van der Waals surface area contributed by atoms with Crippen molar-refractivity contribution in [2.75, 3.05) is 0 Å². The molecule has 104 valence electrons. The standard InChI is InChI=1S/C13H17ClN2O2S/c1-8(2)11(12(17)16-13(15)18)19-7-9-3-5-10(14)6-4-9/h3-6,8,11H,7H2,1-2H3,(H3,15,16,17,18). The summed E-state index contributed by atoms with van der Waals surface area (Å²) in [6.45, 7) is 3.86. The van der Waals surface area contributed by atoms with Crippen molar-refractivity contribution in [2.24, 2.45) is 11.7 Å². The second kappa shape index (κ2) is 7.40. The Bertz CT molecular complexity index is 448. The quantitative estimate of drug-likeness (QED) is 0.878. The third kappa shape index (κ3) is 5.53. The molecule has 19 heavy (non-hydrogen) atoms. The van der Waals surface area contributed by atoms with Crippen LogP contribution in [0.15, 0.2) is 24.3 Å². The lowest BCUT2D eigenvalue weighted by Gasteiger charge is -2.18. The molecule has 4 nitrogen and oxygen atoms in total. The summed E-state index contributed by atoms with van der Waals surface area (Å²) < 4.78 is 0. The second-order valence-electron chi connectivity index (χ2n) is 4.46. The summed E-state index contributed by atoms with van der Waals surface area (Å²) in [4.78, 5) is 22.5. The molecule has 0 saturated carbocycles. The summed E-state index contributed by atoms with van der Waals surface area (Å²) in [5.41, 5.74) is 6.04. The maximum atomic E-state index is 11.8. The lowest BCUT2D eigenvalue weighted by atomic mass is 10.1. The van der Waals surface area contributed by atoms with Crippen LogP contribution in [0.1, 0.15) is 19.4 Å². The van der Waals surface area contributed by atoms with Gasteiger partial charge in [-0.2, -0.15) is 0 Å². The summed E-state index contributed by atoms with van der Waals surface area (Å²) in [5, 5.41) is 2.49. The molecule has 1 unspecified atom stereocenters. The molecule has 0 aliphatic rings. The number of primary amides is 1. The van der Waals surface area contributed by atoms with Crippen molar-refractivity contribution in [2.45, 2.75) is 24.9 Å². The minimum absolute atomic E-state index is 0.108. The number of hydrogen-bond acceptors (Lipinski definition) is 3. The Kier molecular flexibility index (Phi) is 6.18. The van der Waals surface area contributed by atoms with Crippen LogP contribution in [0.25, 0.3) is 0 Å². The third-order valence-electron chi connectivity index (χ3n) is 2.45. The second-order valence-corrected chi connectivity index (χ2v) is 6.02. The zero-order valence-corrected chi connectivity index (χ0v) is 12.4. The van der Waals surface area contributed by atoms with E-state index in [4.69, 9.17) is 17.3 Å². The van der Waals surface area contributed by atoms with E-state index in [1.165, 1.54) is 11.8 Å². The van der Waals surface area contributed by atoms with Gasteiger partial charge in [-0.15, -0.1) is 11.8 Å². The maximum Gasteiger partial charge on any atom is 0.318 e. The summed E-state index contributed by atoms with van der Waals surface area (Å²) in [6.07, 6.45) is 0. The van der Waals surface area contributed by atoms with E-state index in [9.17, 15) is 9.59 Å². The zero-order valence-electron chi connectivity index (χ0n) is 10.9. The van der Waals surface area contributed by atoms with E-state index in [1.54, 1.807) is 0 Å². The minimum Gasteiger partial charge on any atom is -0.351 e. The van der Waals surface area contributed by atoms with Crippen molar-refractivity contribution < 1.29 is 9.59 Å². The van der Waals surface area contributed by atoms with Gasteiger partial charge < -0.3 is 5.73 Å². The molecule has 3 amide bonds. The summed E-state index contributed by atoms with van der Waals surface area (Å²) >= 11 is 7.29. The van der Waals surface area contributed by atoms with Crippen molar-refractivity contribution in [3.05, 3.63) is 34.9 Å². The highest BCUT2D eigenvalue weighted by atomic mass is 35.5. The fourth-order valence-corrected chi connectivity index (χ4v) is 2.82. The van der Waals surface area contributed by atoms with Gasteiger partial charge in [0.05, 0.1) is 5.25 Å². The van der Waals surface area contributed by atoms with Gasteiger partial charge in [0.15, 0.2) is 0 Å². The Morgan fingerprint density at radius 1 is 1.32 bits per heavy atom. The van der Waals surface area contributed by atoms with Crippen LogP contribution < -0.4 is 11.1 Å².